The van der Waals surface area contributed by atoms with Crippen molar-refractivity contribution >= 4 is 15.9 Å². The summed E-state index contributed by atoms with van der Waals surface area (Å²) in [7, 11) is 0.247. The summed E-state index contributed by atoms with van der Waals surface area (Å²) < 4.78 is 41.6. The number of hydrogen-bond acceptors (Lipinski definition) is 4. The van der Waals surface area contributed by atoms with Crippen molar-refractivity contribution in [3.8, 4) is 0 Å². The predicted octanol–water partition coefficient (Wildman–Crippen LogP) is 3.45. The zero-order chi connectivity index (χ0) is 23.3. The summed E-state index contributed by atoms with van der Waals surface area (Å²) in [4.78, 5) is 16.9. The molecule has 0 aliphatic carbocycles. The van der Waals surface area contributed by atoms with Gasteiger partial charge >= 0.3 is 0 Å². The number of nitrogens with zero attached hydrogens (tertiary/aromatic N) is 3. The number of piperidine rings is 1. The van der Waals surface area contributed by atoms with Gasteiger partial charge in [-0.05, 0) is 63.2 Å². The molecule has 6 nitrogen and oxygen atoms in total. The fraction of sp³-hybridized carbons (Fsp3) is 0.458. The Balaban J connectivity index is 1.78. The maximum Gasteiger partial charge on any atom is 0.254 e. The van der Waals surface area contributed by atoms with E-state index in [9.17, 15) is 17.6 Å². The molecule has 0 aromatic heterocycles. The number of carbonyl (C=O) groups is 1. The average Bonchev–Trinajstić information content (AvgIpc) is 2.77. The minimum atomic E-state index is -3.57. The van der Waals surface area contributed by atoms with Crippen molar-refractivity contribution in [1.82, 2.24) is 14.1 Å². The van der Waals surface area contributed by atoms with Crippen molar-refractivity contribution in [1.29, 1.82) is 0 Å². The largest absolute Gasteiger partial charge is 0.333 e. The lowest BCUT2D eigenvalue weighted by Crippen LogP contribution is -2.38. The Morgan fingerprint density at radius 2 is 1.66 bits per heavy atom. The van der Waals surface area contributed by atoms with Crippen molar-refractivity contribution in [2.45, 2.75) is 31.2 Å². The van der Waals surface area contributed by atoms with Crippen LogP contribution in [0.15, 0.2) is 53.4 Å². The van der Waals surface area contributed by atoms with Gasteiger partial charge in [-0.1, -0.05) is 25.1 Å². The van der Waals surface area contributed by atoms with Crippen molar-refractivity contribution in [2.24, 2.45) is 5.92 Å². The fourth-order valence-corrected chi connectivity index (χ4v) is 5.20. The molecule has 0 bridgehead atoms. The minimum absolute atomic E-state index is 0.144. The van der Waals surface area contributed by atoms with Crippen LogP contribution in [0, 0.1) is 11.7 Å². The lowest BCUT2D eigenvalue weighted by atomic mass is 10.0. The number of halogens is 1. The molecule has 0 N–H and O–H groups in total. The van der Waals surface area contributed by atoms with Crippen LogP contribution in [0.2, 0.25) is 0 Å². The van der Waals surface area contributed by atoms with Gasteiger partial charge in [0.25, 0.3) is 5.91 Å². The first-order valence-electron chi connectivity index (χ1n) is 11.0. The van der Waals surface area contributed by atoms with Crippen LogP contribution < -0.4 is 0 Å². The Kier molecular flexibility index (Phi) is 8.03. The lowest BCUT2D eigenvalue weighted by molar-refractivity contribution is 0.0730. The van der Waals surface area contributed by atoms with Gasteiger partial charge in [0.15, 0.2) is 0 Å². The van der Waals surface area contributed by atoms with Gasteiger partial charge in [0.2, 0.25) is 10.0 Å². The molecular formula is C24H32FN3O3S. The number of likely N-dealkylation sites (N-methyl/N-ethyl adjacent to an activating group) is 1. The summed E-state index contributed by atoms with van der Waals surface area (Å²) >= 11 is 0. The van der Waals surface area contributed by atoms with E-state index in [1.165, 1.54) is 22.5 Å². The van der Waals surface area contributed by atoms with Gasteiger partial charge in [0.05, 0.1) is 4.90 Å². The first-order chi connectivity index (χ1) is 15.2. The van der Waals surface area contributed by atoms with Crippen LogP contribution in [-0.4, -0.2) is 68.7 Å². The van der Waals surface area contributed by atoms with Gasteiger partial charge in [0.1, 0.15) is 5.82 Å². The van der Waals surface area contributed by atoms with Crippen LogP contribution in [-0.2, 0) is 16.6 Å². The second-order valence-electron chi connectivity index (χ2n) is 8.73. The lowest BCUT2D eigenvalue weighted by Gasteiger charge is -2.29. The molecule has 0 spiro atoms. The number of hydrogen-bond donors (Lipinski definition) is 0. The first kappa shape index (κ1) is 24.4. The molecule has 2 aromatic carbocycles. The van der Waals surface area contributed by atoms with Crippen LogP contribution in [0.1, 0.15) is 35.7 Å². The normalized spacial score (nSPS) is 15.8. The molecule has 32 heavy (non-hydrogen) atoms. The van der Waals surface area contributed by atoms with Gasteiger partial charge in [0, 0.05) is 43.9 Å². The molecule has 1 aliphatic heterocycles. The van der Waals surface area contributed by atoms with Crippen LogP contribution >= 0.6 is 0 Å². The Morgan fingerprint density at radius 1 is 1.03 bits per heavy atom. The molecule has 8 heteroatoms. The van der Waals surface area contributed by atoms with E-state index >= 15 is 0 Å². The third-order valence-electron chi connectivity index (χ3n) is 5.91. The zero-order valence-corrected chi connectivity index (χ0v) is 19.8. The number of sulfonamides is 1. The highest BCUT2D eigenvalue weighted by atomic mass is 32.2. The number of rotatable bonds is 8. The van der Waals surface area contributed by atoms with Crippen LogP contribution in [0.25, 0.3) is 0 Å². The highest BCUT2D eigenvalue weighted by Gasteiger charge is 2.28. The van der Waals surface area contributed by atoms with E-state index in [0.29, 0.717) is 43.2 Å². The second kappa shape index (κ2) is 10.6. The molecule has 3 rings (SSSR count). The Bertz CT molecular complexity index is 1020. The second-order valence-corrected chi connectivity index (χ2v) is 10.7. The minimum Gasteiger partial charge on any atom is -0.333 e. The molecule has 0 atom stereocenters. The summed E-state index contributed by atoms with van der Waals surface area (Å²) in [6.07, 6.45) is 1.71. The smallest absolute Gasteiger partial charge is 0.254 e. The number of carbonyl (C=O) groups excluding carboxylic acids is 1. The summed E-state index contributed by atoms with van der Waals surface area (Å²) in [5.41, 5.74) is 0.824. The van der Waals surface area contributed by atoms with Gasteiger partial charge < -0.3 is 9.80 Å². The van der Waals surface area contributed by atoms with Gasteiger partial charge in [-0.25, -0.2) is 12.8 Å². The van der Waals surface area contributed by atoms with Crippen molar-refractivity contribution in [3.05, 3.63) is 65.5 Å². The molecule has 1 heterocycles. The Labute approximate surface area is 190 Å². The summed E-state index contributed by atoms with van der Waals surface area (Å²) in [5.74, 6) is -0.0812. The fourth-order valence-electron chi connectivity index (χ4n) is 3.73. The van der Waals surface area contributed by atoms with E-state index in [1.54, 1.807) is 35.2 Å². The van der Waals surface area contributed by atoms with Gasteiger partial charge in [-0.15, -0.1) is 0 Å². The highest BCUT2D eigenvalue weighted by Crippen LogP contribution is 2.24. The van der Waals surface area contributed by atoms with Crippen LogP contribution in [0.3, 0.4) is 0 Å². The molecule has 0 unspecified atom stereocenters. The molecule has 174 valence electrons. The van der Waals surface area contributed by atoms with E-state index in [4.69, 9.17) is 0 Å². The summed E-state index contributed by atoms with van der Waals surface area (Å²) in [5, 5.41) is 0. The SMILES string of the molecule is CC1CCN(S(=O)(=O)c2ccc(C(=O)N(CCN(C)C)Cc3ccccc3F)cc2)CC1. The third kappa shape index (κ3) is 5.94. The predicted molar refractivity (Wildman–Crippen MR) is 123 cm³/mol. The molecule has 0 radical (unpaired) electrons. The van der Waals surface area contributed by atoms with E-state index in [0.717, 1.165) is 12.8 Å². The molecule has 0 saturated carbocycles. The average molecular weight is 462 g/mol. The summed E-state index contributed by atoms with van der Waals surface area (Å²) in [6.45, 7) is 4.36. The Hall–Kier alpha value is -2.29. The summed E-state index contributed by atoms with van der Waals surface area (Å²) in [6, 6.07) is 12.5. The van der Waals surface area contributed by atoms with Gasteiger partial charge in [-0.3, -0.25) is 4.79 Å². The molecule has 2 aromatic rings. The molecule has 1 aliphatic rings. The third-order valence-corrected chi connectivity index (χ3v) is 7.82. The van der Waals surface area contributed by atoms with Crippen LogP contribution in [0.4, 0.5) is 4.39 Å². The van der Waals surface area contributed by atoms with Gasteiger partial charge in [-0.2, -0.15) is 4.31 Å². The van der Waals surface area contributed by atoms with E-state index in [1.807, 2.05) is 19.0 Å². The Morgan fingerprint density at radius 3 is 2.25 bits per heavy atom. The zero-order valence-electron chi connectivity index (χ0n) is 19.0. The van der Waals surface area contributed by atoms with Crippen molar-refractivity contribution < 1.29 is 17.6 Å². The van der Waals surface area contributed by atoms with Crippen LogP contribution in [0.5, 0.6) is 0 Å². The number of benzene rings is 2. The van der Waals surface area contributed by atoms with E-state index < -0.39 is 10.0 Å². The van der Waals surface area contributed by atoms with Crippen molar-refractivity contribution in [3.63, 3.8) is 0 Å². The van der Waals surface area contributed by atoms with E-state index in [-0.39, 0.29) is 23.2 Å². The highest BCUT2D eigenvalue weighted by molar-refractivity contribution is 7.89. The number of amides is 1. The first-order valence-corrected chi connectivity index (χ1v) is 12.4. The standard InChI is InChI=1S/C24H32FN3O3S/c1-19-12-14-28(15-13-19)32(30,31)22-10-8-20(9-11-22)24(29)27(17-16-26(2)3)18-21-6-4-5-7-23(21)25/h4-11,19H,12-18H2,1-3H3. The van der Waals surface area contributed by atoms with E-state index in [2.05, 4.69) is 6.92 Å². The molecule has 1 fully saturated rings. The molecular weight excluding hydrogens is 429 g/mol. The monoisotopic (exact) mass is 461 g/mol. The topological polar surface area (TPSA) is 60.9 Å². The maximum atomic E-state index is 14.2. The maximum absolute atomic E-state index is 14.2. The molecule has 1 amide bonds. The quantitative estimate of drug-likeness (QED) is 0.604. The van der Waals surface area contributed by atoms with Crippen molar-refractivity contribution in [2.75, 3.05) is 40.3 Å². The molecule has 1 saturated heterocycles.